The highest BCUT2D eigenvalue weighted by atomic mass is 16.2. The van der Waals surface area contributed by atoms with Gasteiger partial charge in [0.2, 0.25) is 0 Å². The first-order valence-corrected chi connectivity index (χ1v) is 4.15. The predicted molar refractivity (Wildman–Crippen MR) is 47.6 cm³/mol. The van der Waals surface area contributed by atoms with E-state index in [1.807, 2.05) is 19.0 Å². The molecule has 0 aliphatic carbocycles. The Kier molecular flexibility index (Phi) is 2.56. The fourth-order valence-corrected chi connectivity index (χ4v) is 1.37. The third-order valence-electron chi connectivity index (χ3n) is 2.23. The van der Waals surface area contributed by atoms with Crippen LogP contribution in [0, 0.1) is 5.92 Å². The van der Waals surface area contributed by atoms with Gasteiger partial charge in [0.05, 0.1) is 0 Å². The topological polar surface area (TPSA) is 43.9 Å². The Morgan fingerprint density at radius 3 is 1.85 bits per heavy atom. The minimum Gasteiger partial charge on any atom is -0.308 e. The van der Waals surface area contributed by atoms with Crippen molar-refractivity contribution in [3.63, 3.8) is 0 Å². The monoisotopic (exact) mass is 185 g/mol. The Morgan fingerprint density at radius 1 is 1.15 bits per heavy atom. The number of amides is 2. The summed E-state index contributed by atoms with van der Waals surface area (Å²) in [7, 11) is 6.91. The van der Waals surface area contributed by atoms with Crippen LogP contribution in [-0.2, 0) is 9.59 Å². The number of rotatable bonds is 2. The van der Waals surface area contributed by atoms with Crippen LogP contribution in [0.1, 0.15) is 0 Å². The maximum absolute atomic E-state index is 11.5. The lowest BCUT2D eigenvalue weighted by atomic mass is 10.1. The lowest BCUT2D eigenvalue weighted by Gasteiger charge is -2.17. The summed E-state index contributed by atoms with van der Waals surface area (Å²) in [6.45, 7) is 0.479. The van der Waals surface area contributed by atoms with E-state index < -0.39 is 5.92 Å². The van der Waals surface area contributed by atoms with Crippen LogP contribution in [0.2, 0.25) is 0 Å². The van der Waals surface area contributed by atoms with Crippen LogP contribution in [0.3, 0.4) is 0 Å². The average Bonchev–Trinajstić information content (AvgIpc) is 2.22. The summed E-state index contributed by atoms with van der Waals surface area (Å²) in [6, 6.07) is 0. The second-order valence-electron chi connectivity index (χ2n) is 3.54. The molecule has 1 aliphatic rings. The Hall–Kier alpha value is -1.10. The zero-order valence-electron chi connectivity index (χ0n) is 8.44. The molecule has 0 aromatic heterocycles. The van der Waals surface area contributed by atoms with Gasteiger partial charge in [-0.15, -0.1) is 0 Å². The first-order chi connectivity index (χ1) is 5.95. The Labute approximate surface area is 77.9 Å². The van der Waals surface area contributed by atoms with Crippen molar-refractivity contribution in [2.24, 2.45) is 5.92 Å². The zero-order valence-corrected chi connectivity index (χ0v) is 8.44. The van der Waals surface area contributed by atoms with Crippen molar-refractivity contribution in [3.05, 3.63) is 0 Å². The lowest BCUT2D eigenvalue weighted by Crippen LogP contribution is -2.33. The molecule has 0 unspecified atom stereocenters. The third-order valence-corrected chi connectivity index (χ3v) is 2.23. The first kappa shape index (κ1) is 9.98. The average molecular weight is 185 g/mol. The van der Waals surface area contributed by atoms with E-state index in [4.69, 9.17) is 0 Å². The molecule has 1 saturated heterocycles. The molecule has 13 heavy (non-hydrogen) atoms. The van der Waals surface area contributed by atoms with Crippen LogP contribution < -0.4 is 0 Å². The van der Waals surface area contributed by atoms with Gasteiger partial charge in [0, 0.05) is 20.6 Å². The second kappa shape index (κ2) is 3.33. The van der Waals surface area contributed by atoms with Gasteiger partial charge in [-0.3, -0.25) is 19.6 Å². The number of hydrazine groups is 1. The Morgan fingerprint density at radius 2 is 1.54 bits per heavy atom. The fourth-order valence-electron chi connectivity index (χ4n) is 1.37. The van der Waals surface area contributed by atoms with E-state index >= 15 is 0 Å². The molecular weight excluding hydrogens is 170 g/mol. The van der Waals surface area contributed by atoms with Crippen LogP contribution in [0.5, 0.6) is 0 Å². The number of carbonyl (C=O) groups is 2. The van der Waals surface area contributed by atoms with Crippen LogP contribution in [0.15, 0.2) is 0 Å². The summed E-state index contributed by atoms with van der Waals surface area (Å²) in [6.07, 6.45) is 0. The molecule has 5 nitrogen and oxygen atoms in total. The Bertz CT molecular complexity index is 220. The largest absolute Gasteiger partial charge is 0.308 e. The molecule has 0 bridgehead atoms. The first-order valence-electron chi connectivity index (χ1n) is 4.15. The van der Waals surface area contributed by atoms with E-state index in [2.05, 4.69) is 0 Å². The van der Waals surface area contributed by atoms with Gasteiger partial charge in [-0.05, 0) is 14.1 Å². The molecule has 0 spiro atoms. The van der Waals surface area contributed by atoms with E-state index in [0.717, 1.165) is 0 Å². The van der Waals surface area contributed by atoms with Crippen molar-refractivity contribution >= 4 is 11.8 Å². The van der Waals surface area contributed by atoms with Crippen LogP contribution in [0.25, 0.3) is 0 Å². The van der Waals surface area contributed by atoms with E-state index in [1.54, 1.807) is 14.1 Å². The maximum Gasteiger partial charge on any atom is 0.254 e. The molecule has 1 rings (SSSR count). The van der Waals surface area contributed by atoms with E-state index in [1.165, 1.54) is 10.0 Å². The van der Waals surface area contributed by atoms with E-state index in [0.29, 0.717) is 6.54 Å². The van der Waals surface area contributed by atoms with Crippen molar-refractivity contribution in [2.75, 3.05) is 34.7 Å². The van der Waals surface area contributed by atoms with Gasteiger partial charge >= 0.3 is 0 Å². The van der Waals surface area contributed by atoms with Crippen LogP contribution >= 0.6 is 0 Å². The lowest BCUT2D eigenvalue weighted by molar-refractivity contribution is -0.141. The Balaban J connectivity index is 2.76. The van der Waals surface area contributed by atoms with Gasteiger partial charge in [-0.25, -0.2) is 0 Å². The third kappa shape index (κ3) is 1.65. The number of nitrogens with zero attached hydrogens (tertiary/aromatic N) is 3. The van der Waals surface area contributed by atoms with Gasteiger partial charge in [0.25, 0.3) is 11.8 Å². The highest BCUT2D eigenvalue weighted by Crippen LogP contribution is 2.16. The van der Waals surface area contributed by atoms with Crippen molar-refractivity contribution in [3.8, 4) is 0 Å². The highest BCUT2D eigenvalue weighted by Gasteiger charge is 2.41. The molecule has 0 aromatic rings. The molecule has 74 valence electrons. The molecule has 1 heterocycles. The molecule has 5 heteroatoms. The maximum atomic E-state index is 11.5. The molecule has 0 atom stereocenters. The van der Waals surface area contributed by atoms with E-state index in [9.17, 15) is 9.59 Å². The highest BCUT2D eigenvalue weighted by molar-refractivity contribution is 6.05. The molecular formula is C8H15N3O2. The zero-order chi connectivity index (χ0) is 10.2. The molecule has 0 N–H and O–H groups in total. The molecule has 2 amide bonds. The quantitative estimate of drug-likeness (QED) is 0.519. The van der Waals surface area contributed by atoms with Crippen molar-refractivity contribution in [1.82, 2.24) is 14.9 Å². The molecule has 1 fully saturated rings. The number of hydrogen-bond donors (Lipinski definition) is 0. The van der Waals surface area contributed by atoms with Crippen LogP contribution in [-0.4, -0.2) is 61.5 Å². The van der Waals surface area contributed by atoms with Crippen molar-refractivity contribution in [2.45, 2.75) is 0 Å². The van der Waals surface area contributed by atoms with E-state index in [-0.39, 0.29) is 11.8 Å². The van der Waals surface area contributed by atoms with Crippen molar-refractivity contribution in [1.29, 1.82) is 0 Å². The standard InChI is InChI=1S/C8H15N3O2/c1-9(2)5-6-7(12)10(3)11(4)8(6)13/h6H,5H2,1-4H3. The van der Waals surface area contributed by atoms with Gasteiger partial charge < -0.3 is 4.90 Å². The summed E-state index contributed by atoms with van der Waals surface area (Å²) in [5.41, 5.74) is 0. The number of carbonyl (C=O) groups excluding carboxylic acids is 2. The summed E-state index contributed by atoms with van der Waals surface area (Å²) in [4.78, 5) is 24.8. The van der Waals surface area contributed by atoms with Crippen molar-refractivity contribution < 1.29 is 9.59 Å². The fraction of sp³-hybridized carbons (Fsp3) is 0.750. The van der Waals surface area contributed by atoms with Gasteiger partial charge in [0.1, 0.15) is 5.92 Å². The summed E-state index contributed by atoms with van der Waals surface area (Å²) in [5, 5.41) is 2.72. The predicted octanol–water partition coefficient (Wildman–Crippen LogP) is -0.990. The van der Waals surface area contributed by atoms with Gasteiger partial charge in [-0.1, -0.05) is 0 Å². The van der Waals surface area contributed by atoms with Crippen LogP contribution in [0.4, 0.5) is 0 Å². The summed E-state index contributed by atoms with van der Waals surface area (Å²) >= 11 is 0. The minimum absolute atomic E-state index is 0.124. The van der Waals surface area contributed by atoms with Gasteiger partial charge in [0.15, 0.2) is 0 Å². The molecule has 0 radical (unpaired) electrons. The molecule has 0 aromatic carbocycles. The molecule has 1 aliphatic heterocycles. The normalized spacial score (nSPS) is 19.5. The summed E-state index contributed by atoms with van der Waals surface area (Å²) in [5.74, 6) is -0.771. The van der Waals surface area contributed by atoms with Gasteiger partial charge in [-0.2, -0.15) is 0 Å². The summed E-state index contributed by atoms with van der Waals surface area (Å²) < 4.78 is 0. The smallest absolute Gasteiger partial charge is 0.254 e. The second-order valence-corrected chi connectivity index (χ2v) is 3.54. The minimum atomic E-state index is -0.523. The SMILES string of the molecule is CN(C)CC1C(=O)N(C)N(C)C1=O. The molecule has 0 saturated carbocycles. The number of hydrogen-bond acceptors (Lipinski definition) is 3.